The number of hydrogen-bond donors (Lipinski definition) is 1. The highest BCUT2D eigenvalue weighted by Gasteiger charge is 2.52. The summed E-state index contributed by atoms with van der Waals surface area (Å²) in [5.74, 6) is -0.540. The highest BCUT2D eigenvalue weighted by molar-refractivity contribution is 5.88. The zero-order valence-corrected chi connectivity index (χ0v) is 12.3. The maximum atomic E-state index is 12.2. The molecule has 2 atom stereocenters. The van der Waals surface area contributed by atoms with E-state index < -0.39 is 17.6 Å². The lowest BCUT2D eigenvalue weighted by molar-refractivity contribution is -0.142. The molecule has 0 spiro atoms. The molecule has 2 bridgehead atoms. The van der Waals surface area contributed by atoms with Gasteiger partial charge in [-0.3, -0.25) is 9.69 Å². The standard InChI is InChI=1S/C14H22N2O4/c1-13(2,3)6-11(18)20-12(19)16-10-4-5-14(16,9-17)8-15-7-10/h9-10,15H,4-8H2,1-3H3. The first-order valence-corrected chi connectivity index (χ1v) is 6.98. The minimum Gasteiger partial charge on any atom is -0.376 e. The number of piperazine rings is 1. The molecular weight excluding hydrogens is 260 g/mol. The smallest absolute Gasteiger partial charge is 0.376 e. The van der Waals surface area contributed by atoms with E-state index in [2.05, 4.69) is 5.32 Å². The molecule has 0 saturated carbocycles. The Hall–Kier alpha value is -1.43. The van der Waals surface area contributed by atoms with Gasteiger partial charge in [0.05, 0.1) is 6.42 Å². The fourth-order valence-electron chi connectivity index (χ4n) is 2.96. The number of fused-ring (bicyclic) bond motifs is 2. The van der Waals surface area contributed by atoms with Crippen LogP contribution >= 0.6 is 0 Å². The lowest BCUT2D eigenvalue weighted by Gasteiger charge is -2.40. The fraction of sp³-hybridized carbons (Fsp3) is 0.786. The average molecular weight is 282 g/mol. The number of amides is 1. The number of nitrogens with zero attached hydrogens (tertiary/aromatic N) is 1. The van der Waals surface area contributed by atoms with Crippen molar-refractivity contribution in [1.82, 2.24) is 10.2 Å². The molecule has 2 aliphatic heterocycles. The third-order valence-corrected chi connectivity index (χ3v) is 3.86. The molecule has 0 radical (unpaired) electrons. The van der Waals surface area contributed by atoms with Crippen molar-refractivity contribution in [2.75, 3.05) is 13.1 Å². The van der Waals surface area contributed by atoms with Gasteiger partial charge in [-0.15, -0.1) is 0 Å². The van der Waals surface area contributed by atoms with Gasteiger partial charge < -0.3 is 14.8 Å². The molecule has 6 heteroatoms. The summed E-state index contributed by atoms with van der Waals surface area (Å²) in [5, 5.41) is 3.15. The summed E-state index contributed by atoms with van der Waals surface area (Å²) < 4.78 is 4.94. The van der Waals surface area contributed by atoms with Gasteiger partial charge in [-0.05, 0) is 18.3 Å². The number of ether oxygens (including phenoxy) is 1. The number of rotatable bonds is 2. The zero-order chi connectivity index (χ0) is 15.0. The molecule has 0 aromatic rings. The highest BCUT2D eigenvalue weighted by atomic mass is 16.6. The summed E-state index contributed by atoms with van der Waals surface area (Å²) >= 11 is 0. The van der Waals surface area contributed by atoms with Gasteiger partial charge in [0.25, 0.3) is 0 Å². The van der Waals surface area contributed by atoms with Crippen molar-refractivity contribution in [3.8, 4) is 0 Å². The monoisotopic (exact) mass is 282 g/mol. The van der Waals surface area contributed by atoms with Crippen LogP contribution in [0, 0.1) is 5.41 Å². The average Bonchev–Trinajstić information content (AvgIpc) is 2.54. The molecule has 0 aromatic carbocycles. The van der Waals surface area contributed by atoms with Crippen molar-refractivity contribution < 1.29 is 19.1 Å². The van der Waals surface area contributed by atoms with Gasteiger partial charge in [0.1, 0.15) is 11.8 Å². The van der Waals surface area contributed by atoms with Crippen LogP contribution in [-0.2, 0) is 14.3 Å². The Morgan fingerprint density at radius 3 is 2.75 bits per heavy atom. The lowest BCUT2D eigenvalue weighted by Crippen LogP contribution is -2.63. The second kappa shape index (κ2) is 5.16. The molecule has 2 heterocycles. The van der Waals surface area contributed by atoms with E-state index in [0.29, 0.717) is 19.5 Å². The highest BCUT2D eigenvalue weighted by Crippen LogP contribution is 2.35. The van der Waals surface area contributed by atoms with Crippen LogP contribution in [0.1, 0.15) is 40.0 Å². The van der Waals surface area contributed by atoms with Crippen LogP contribution in [0.25, 0.3) is 0 Å². The molecule has 1 amide bonds. The number of nitrogens with one attached hydrogen (secondary N) is 1. The van der Waals surface area contributed by atoms with E-state index in [-0.39, 0.29) is 17.9 Å². The largest absolute Gasteiger partial charge is 0.418 e. The SMILES string of the molecule is CC(C)(C)CC(=O)OC(=O)N1C2CCC1(C=O)CNC2. The second-order valence-electron chi connectivity index (χ2n) is 6.89. The summed E-state index contributed by atoms with van der Waals surface area (Å²) in [5.41, 5.74) is -1.08. The van der Waals surface area contributed by atoms with Gasteiger partial charge in [-0.2, -0.15) is 0 Å². The Morgan fingerprint density at radius 2 is 2.15 bits per heavy atom. The van der Waals surface area contributed by atoms with E-state index in [9.17, 15) is 14.4 Å². The number of aldehydes is 1. The molecule has 2 rings (SSSR count). The van der Waals surface area contributed by atoms with Gasteiger partial charge >= 0.3 is 12.1 Å². The van der Waals surface area contributed by atoms with Crippen LogP contribution in [0.5, 0.6) is 0 Å². The number of hydrogen-bond acceptors (Lipinski definition) is 5. The first kappa shape index (κ1) is 15.0. The minimum absolute atomic E-state index is 0.0658. The first-order chi connectivity index (χ1) is 9.27. The van der Waals surface area contributed by atoms with E-state index in [1.165, 1.54) is 4.90 Å². The minimum atomic E-state index is -0.845. The van der Waals surface area contributed by atoms with Gasteiger partial charge in [0.15, 0.2) is 0 Å². The van der Waals surface area contributed by atoms with Gasteiger partial charge in [-0.1, -0.05) is 20.8 Å². The van der Waals surface area contributed by atoms with E-state index >= 15 is 0 Å². The van der Waals surface area contributed by atoms with Gasteiger partial charge in [-0.25, -0.2) is 4.79 Å². The molecule has 2 unspecified atom stereocenters. The molecule has 6 nitrogen and oxygen atoms in total. The van der Waals surface area contributed by atoms with Crippen molar-refractivity contribution in [2.45, 2.75) is 51.6 Å². The maximum Gasteiger partial charge on any atom is 0.418 e. The topological polar surface area (TPSA) is 75.7 Å². The number of esters is 1. The summed E-state index contributed by atoms with van der Waals surface area (Å²) in [6.07, 6.45) is 1.67. The van der Waals surface area contributed by atoms with Crippen LogP contribution < -0.4 is 5.32 Å². The number of carbonyl (C=O) groups excluding carboxylic acids is 3. The third-order valence-electron chi connectivity index (χ3n) is 3.86. The summed E-state index contributed by atoms with van der Waals surface area (Å²) in [6.45, 7) is 6.77. The van der Waals surface area contributed by atoms with Crippen molar-refractivity contribution in [2.24, 2.45) is 5.41 Å². The molecule has 0 aliphatic carbocycles. The van der Waals surface area contributed by atoms with Crippen molar-refractivity contribution in [1.29, 1.82) is 0 Å². The van der Waals surface area contributed by atoms with Crippen molar-refractivity contribution in [3.63, 3.8) is 0 Å². The van der Waals surface area contributed by atoms with Gasteiger partial charge in [0, 0.05) is 19.1 Å². The Balaban J connectivity index is 2.05. The zero-order valence-electron chi connectivity index (χ0n) is 12.3. The van der Waals surface area contributed by atoms with Crippen molar-refractivity contribution in [3.05, 3.63) is 0 Å². The second-order valence-corrected chi connectivity index (χ2v) is 6.89. The predicted octanol–water partition coefficient (Wildman–Crippen LogP) is 1.09. The summed E-state index contributed by atoms with van der Waals surface area (Å²) in [6, 6.07) is -0.0658. The maximum absolute atomic E-state index is 12.2. The number of carbonyl (C=O) groups is 3. The van der Waals surface area contributed by atoms with E-state index in [0.717, 1.165) is 12.7 Å². The lowest BCUT2D eigenvalue weighted by atomic mass is 9.92. The van der Waals surface area contributed by atoms with Gasteiger partial charge in [0.2, 0.25) is 0 Å². The molecule has 2 aliphatic rings. The molecule has 1 N–H and O–H groups in total. The molecule has 2 saturated heterocycles. The van der Waals surface area contributed by atoms with Crippen LogP contribution in [0.4, 0.5) is 4.79 Å². The van der Waals surface area contributed by atoms with E-state index in [1.807, 2.05) is 20.8 Å². The normalized spacial score (nSPS) is 29.1. The third kappa shape index (κ3) is 2.85. The van der Waals surface area contributed by atoms with Crippen LogP contribution in [-0.4, -0.2) is 47.9 Å². The predicted molar refractivity (Wildman–Crippen MR) is 72.1 cm³/mol. The summed E-state index contributed by atoms with van der Waals surface area (Å²) in [4.78, 5) is 36.8. The fourth-order valence-corrected chi connectivity index (χ4v) is 2.96. The molecular formula is C14H22N2O4. The van der Waals surface area contributed by atoms with E-state index in [1.54, 1.807) is 0 Å². The quantitative estimate of drug-likeness (QED) is 0.466. The summed E-state index contributed by atoms with van der Waals surface area (Å²) in [7, 11) is 0. The Morgan fingerprint density at radius 1 is 1.45 bits per heavy atom. The molecule has 20 heavy (non-hydrogen) atoms. The van der Waals surface area contributed by atoms with Crippen LogP contribution in [0.3, 0.4) is 0 Å². The Labute approximate surface area is 118 Å². The molecule has 2 fully saturated rings. The van der Waals surface area contributed by atoms with Crippen LogP contribution in [0.15, 0.2) is 0 Å². The van der Waals surface area contributed by atoms with E-state index in [4.69, 9.17) is 4.74 Å². The Kier molecular flexibility index (Phi) is 3.86. The van der Waals surface area contributed by atoms with Crippen molar-refractivity contribution >= 4 is 18.3 Å². The van der Waals surface area contributed by atoms with Crippen LogP contribution in [0.2, 0.25) is 0 Å². The Bertz CT molecular complexity index is 425. The molecule has 0 aromatic heterocycles. The first-order valence-electron chi connectivity index (χ1n) is 6.98. The molecule has 112 valence electrons.